The minimum absolute atomic E-state index is 0.00403. The fourth-order valence-electron chi connectivity index (χ4n) is 8.25. The van der Waals surface area contributed by atoms with E-state index in [0.29, 0.717) is 35.1 Å². The summed E-state index contributed by atoms with van der Waals surface area (Å²) >= 11 is 6.52. The number of nitrogens with zero attached hydrogens (tertiary/aromatic N) is 2. The summed E-state index contributed by atoms with van der Waals surface area (Å²) in [5.74, 6) is -0.846. The maximum atomic E-state index is 14.7. The van der Waals surface area contributed by atoms with Gasteiger partial charge in [0.1, 0.15) is 0 Å². The first kappa shape index (κ1) is 33.1. The first-order valence-corrected chi connectivity index (χ1v) is 19.9. The number of likely N-dealkylation sites (tertiary alicyclic amines) is 1. The SMILES string of the molecule is C[C@@H]1[C@@H]([Si](C)(C)O)[C@H](CC(=O)N2CCC[C@H]2CO)O[C@@]12C(=O)N(Cc1ccc(NC(=O)C3CCCNC3)cc1)c1ccc(Cl)cc12. The number of ether oxygens (including phenoxy) is 1. The van der Waals surface area contributed by atoms with Crippen LogP contribution in [0.5, 0.6) is 0 Å². The first-order valence-electron chi connectivity index (χ1n) is 16.5. The van der Waals surface area contributed by atoms with Crippen LogP contribution in [0.15, 0.2) is 42.5 Å². The number of amides is 3. The van der Waals surface area contributed by atoms with Gasteiger partial charge in [-0.15, -0.1) is 0 Å². The minimum Gasteiger partial charge on any atom is -0.432 e. The molecule has 6 rings (SSSR count). The number of aliphatic hydroxyl groups is 1. The number of hydrogen-bond acceptors (Lipinski definition) is 7. The highest BCUT2D eigenvalue weighted by atomic mass is 35.5. The van der Waals surface area contributed by atoms with Gasteiger partial charge in [0.15, 0.2) is 13.9 Å². The quantitative estimate of drug-likeness (QED) is 0.313. The second-order valence-electron chi connectivity index (χ2n) is 13.9. The molecule has 4 aliphatic heterocycles. The normalized spacial score (nSPS) is 29.4. The van der Waals surface area contributed by atoms with Crippen LogP contribution in [0.25, 0.3) is 0 Å². The van der Waals surface area contributed by atoms with Crippen molar-refractivity contribution in [3.8, 4) is 0 Å². The maximum absolute atomic E-state index is 14.7. The monoisotopic (exact) mass is 668 g/mol. The number of hydrogen-bond donors (Lipinski definition) is 4. The summed E-state index contributed by atoms with van der Waals surface area (Å²) in [4.78, 5) is 55.9. The molecule has 6 atom stereocenters. The molecule has 0 bridgehead atoms. The van der Waals surface area contributed by atoms with E-state index < -0.39 is 31.5 Å². The number of piperidine rings is 1. The number of fused-ring (bicyclic) bond motifs is 2. The van der Waals surface area contributed by atoms with Gasteiger partial charge in [-0.3, -0.25) is 14.4 Å². The van der Waals surface area contributed by atoms with Crippen LogP contribution >= 0.6 is 11.6 Å². The molecule has 1 unspecified atom stereocenters. The molecule has 2 aromatic carbocycles. The third kappa shape index (κ3) is 6.02. The standard InChI is InChI=1S/C34H45ClN4O6Si/c1-21-31(46(2,3)44)29(17-30(41)38-15-5-7-26(38)20-40)45-34(21)27-16-24(35)10-13-28(27)39(33(34)43)19-22-8-11-25(12-9-22)37-32(42)23-6-4-14-36-18-23/h8-13,16,21,23,26,29,31,36,40,44H,4-7,14-15,17-20H2,1-3H3,(H,37,42)/t21-,23?,26+,29+,31-,34+/m1/s1. The Bertz CT molecular complexity index is 1480. The molecule has 4 N–H and O–H groups in total. The highest BCUT2D eigenvalue weighted by molar-refractivity contribution is 6.71. The van der Waals surface area contributed by atoms with E-state index in [-0.39, 0.29) is 49.3 Å². The van der Waals surface area contributed by atoms with Gasteiger partial charge < -0.3 is 35.1 Å². The predicted molar refractivity (Wildman–Crippen MR) is 179 cm³/mol. The van der Waals surface area contributed by atoms with Gasteiger partial charge in [0.05, 0.1) is 43.3 Å². The molecule has 0 saturated carbocycles. The van der Waals surface area contributed by atoms with Crippen LogP contribution < -0.4 is 15.5 Å². The van der Waals surface area contributed by atoms with Gasteiger partial charge in [0, 0.05) is 40.8 Å². The van der Waals surface area contributed by atoms with Crippen LogP contribution in [-0.2, 0) is 31.3 Å². The second kappa shape index (κ2) is 13.0. The van der Waals surface area contributed by atoms with E-state index in [2.05, 4.69) is 10.6 Å². The van der Waals surface area contributed by atoms with E-state index in [1.807, 2.05) is 50.3 Å². The Morgan fingerprint density at radius 2 is 1.91 bits per heavy atom. The summed E-state index contributed by atoms with van der Waals surface area (Å²) in [6, 6.07) is 12.7. The van der Waals surface area contributed by atoms with Crippen molar-refractivity contribution in [2.45, 2.75) is 82.0 Å². The van der Waals surface area contributed by atoms with E-state index in [1.54, 1.807) is 21.9 Å². The van der Waals surface area contributed by atoms with Gasteiger partial charge in [-0.05, 0) is 81.2 Å². The summed E-state index contributed by atoms with van der Waals surface area (Å²) < 4.78 is 6.80. The number of rotatable bonds is 8. The van der Waals surface area contributed by atoms with Crippen LogP contribution in [0.2, 0.25) is 23.7 Å². The van der Waals surface area contributed by atoms with Crippen LogP contribution in [-0.4, -0.2) is 79.2 Å². The zero-order valence-electron chi connectivity index (χ0n) is 26.8. The smallest absolute Gasteiger partial charge is 0.264 e. The number of benzene rings is 2. The van der Waals surface area contributed by atoms with Crippen molar-refractivity contribution in [3.05, 3.63) is 58.6 Å². The lowest BCUT2D eigenvalue weighted by Crippen LogP contribution is -2.46. The summed E-state index contributed by atoms with van der Waals surface area (Å²) in [5, 5.41) is 16.6. The molecule has 10 nitrogen and oxygen atoms in total. The molecule has 2 aromatic rings. The predicted octanol–water partition coefficient (Wildman–Crippen LogP) is 4.00. The lowest BCUT2D eigenvalue weighted by atomic mass is 9.82. The zero-order chi connectivity index (χ0) is 32.8. The van der Waals surface area contributed by atoms with Crippen LogP contribution in [0.3, 0.4) is 0 Å². The van der Waals surface area contributed by atoms with Crippen molar-refractivity contribution < 1.29 is 29.0 Å². The topological polar surface area (TPSA) is 131 Å². The molecule has 0 aromatic heterocycles. The fourth-order valence-corrected chi connectivity index (χ4v) is 11.0. The zero-order valence-corrected chi connectivity index (χ0v) is 28.6. The Hall–Kier alpha value is -2.80. The first-order chi connectivity index (χ1) is 21.9. The number of nitrogens with one attached hydrogen (secondary N) is 2. The van der Waals surface area contributed by atoms with Crippen molar-refractivity contribution in [2.75, 3.05) is 36.5 Å². The van der Waals surface area contributed by atoms with E-state index in [4.69, 9.17) is 16.3 Å². The molecule has 3 fully saturated rings. The molecule has 1 spiro atoms. The van der Waals surface area contributed by atoms with E-state index >= 15 is 0 Å². The van der Waals surface area contributed by atoms with Crippen molar-refractivity contribution >= 4 is 49.0 Å². The maximum Gasteiger partial charge on any atom is 0.264 e. The summed E-state index contributed by atoms with van der Waals surface area (Å²) in [7, 11) is -2.96. The molecule has 3 saturated heterocycles. The number of anilines is 2. The fraction of sp³-hybridized carbons (Fsp3) is 0.559. The third-order valence-electron chi connectivity index (χ3n) is 10.5. The van der Waals surface area contributed by atoms with Crippen LogP contribution in [0, 0.1) is 11.8 Å². The molecule has 3 amide bonds. The Morgan fingerprint density at radius 1 is 1.15 bits per heavy atom. The summed E-state index contributed by atoms with van der Waals surface area (Å²) in [5.41, 5.74) is 1.10. The second-order valence-corrected chi connectivity index (χ2v) is 18.3. The third-order valence-corrected chi connectivity index (χ3v) is 13.2. The Labute approximate surface area is 276 Å². The number of halogens is 1. The van der Waals surface area contributed by atoms with Gasteiger partial charge in [0.25, 0.3) is 5.91 Å². The number of aliphatic hydroxyl groups excluding tert-OH is 1. The Balaban J connectivity index is 1.26. The highest BCUT2D eigenvalue weighted by Gasteiger charge is 2.66. The van der Waals surface area contributed by atoms with Crippen molar-refractivity contribution in [1.82, 2.24) is 10.2 Å². The number of carbonyl (C=O) groups is 3. The van der Waals surface area contributed by atoms with Gasteiger partial charge in [0.2, 0.25) is 11.8 Å². The van der Waals surface area contributed by atoms with Crippen molar-refractivity contribution in [1.29, 1.82) is 0 Å². The van der Waals surface area contributed by atoms with Crippen molar-refractivity contribution in [3.63, 3.8) is 0 Å². The van der Waals surface area contributed by atoms with E-state index in [9.17, 15) is 24.3 Å². The van der Waals surface area contributed by atoms with E-state index in [1.165, 1.54) is 0 Å². The largest absolute Gasteiger partial charge is 0.432 e. The number of carbonyl (C=O) groups excluding carboxylic acids is 3. The summed E-state index contributed by atoms with van der Waals surface area (Å²) in [6.07, 6.45) is 2.78. The molecule has 0 radical (unpaired) electrons. The average Bonchev–Trinajstić information content (AvgIpc) is 3.69. The van der Waals surface area contributed by atoms with Gasteiger partial charge in [-0.2, -0.15) is 0 Å². The summed E-state index contributed by atoms with van der Waals surface area (Å²) in [6.45, 7) is 7.99. The van der Waals surface area contributed by atoms with E-state index in [0.717, 1.165) is 37.8 Å². The highest BCUT2D eigenvalue weighted by Crippen LogP contribution is 2.60. The lowest BCUT2D eigenvalue weighted by molar-refractivity contribution is -0.150. The molecule has 0 aliphatic carbocycles. The molecular weight excluding hydrogens is 624 g/mol. The Kier molecular flexibility index (Phi) is 9.36. The van der Waals surface area contributed by atoms with Gasteiger partial charge in [-0.1, -0.05) is 30.7 Å². The van der Waals surface area contributed by atoms with Crippen molar-refractivity contribution in [2.24, 2.45) is 11.8 Å². The van der Waals surface area contributed by atoms with Gasteiger partial charge >= 0.3 is 0 Å². The molecule has 46 heavy (non-hydrogen) atoms. The Morgan fingerprint density at radius 3 is 2.59 bits per heavy atom. The van der Waals surface area contributed by atoms with Gasteiger partial charge in [-0.25, -0.2) is 0 Å². The lowest BCUT2D eigenvalue weighted by Gasteiger charge is -2.32. The van der Waals surface area contributed by atoms with Crippen LogP contribution in [0.4, 0.5) is 11.4 Å². The molecule has 4 aliphatic rings. The minimum atomic E-state index is -2.96. The molecule has 248 valence electrons. The molecular formula is C34H45ClN4O6Si. The molecule has 12 heteroatoms. The average molecular weight is 669 g/mol. The van der Waals surface area contributed by atoms with Crippen LogP contribution in [0.1, 0.15) is 50.2 Å². The molecule has 4 heterocycles.